The van der Waals surface area contributed by atoms with Gasteiger partial charge in [0.2, 0.25) is 0 Å². The number of rotatable bonds is 3. The molecule has 17 heavy (non-hydrogen) atoms. The van der Waals surface area contributed by atoms with E-state index in [1.165, 1.54) is 6.42 Å². The number of anilines is 1. The second-order valence-electron chi connectivity index (χ2n) is 4.54. The van der Waals surface area contributed by atoms with Crippen LogP contribution in [0.5, 0.6) is 0 Å². The van der Waals surface area contributed by atoms with Crippen molar-refractivity contribution in [2.75, 3.05) is 18.0 Å². The Kier molecular flexibility index (Phi) is 3.66. The minimum atomic E-state index is -0.345. The van der Waals surface area contributed by atoms with Crippen molar-refractivity contribution in [1.29, 1.82) is 0 Å². The molecule has 0 spiro atoms. The molecule has 0 N–H and O–H groups in total. The van der Waals surface area contributed by atoms with Gasteiger partial charge in [0.25, 0.3) is 5.69 Å². The first kappa shape index (κ1) is 12.4. The number of hydrogen-bond acceptors (Lipinski definition) is 3. The van der Waals surface area contributed by atoms with Gasteiger partial charge in [-0.2, -0.15) is 0 Å². The first-order chi connectivity index (χ1) is 8.11. The quantitative estimate of drug-likeness (QED) is 0.488. The van der Waals surface area contributed by atoms with Crippen molar-refractivity contribution in [3.63, 3.8) is 0 Å². The number of nitro benzene ring substituents is 1. The Balaban J connectivity index is 2.31. The second kappa shape index (κ2) is 5.04. The molecule has 1 atom stereocenters. The summed E-state index contributed by atoms with van der Waals surface area (Å²) in [7, 11) is 0. The van der Waals surface area contributed by atoms with Gasteiger partial charge in [-0.3, -0.25) is 10.1 Å². The first-order valence-corrected chi connectivity index (χ1v) is 6.82. The van der Waals surface area contributed by atoms with Gasteiger partial charge in [-0.15, -0.1) is 0 Å². The zero-order valence-electron chi connectivity index (χ0n) is 9.73. The predicted octanol–water partition coefficient (Wildman–Crippen LogP) is 3.34. The molecule has 1 aromatic carbocycles. The molecule has 1 aliphatic rings. The third kappa shape index (κ3) is 2.60. The van der Waals surface area contributed by atoms with Crippen molar-refractivity contribution in [2.24, 2.45) is 5.92 Å². The molecule has 1 saturated heterocycles. The summed E-state index contributed by atoms with van der Waals surface area (Å²) in [4.78, 5) is 12.7. The molecular weight excluding hydrogens is 284 g/mol. The van der Waals surface area contributed by atoms with E-state index in [4.69, 9.17) is 0 Å². The Morgan fingerprint density at radius 2 is 2.35 bits per heavy atom. The molecule has 4 nitrogen and oxygen atoms in total. The standard InChI is InChI=1S/C12H15BrN2O2/c1-9-4-5-14(8-9)12-3-2-11(15(16)17)6-10(12)7-13/h2-3,6,9H,4-5,7-8H2,1H3. The van der Waals surface area contributed by atoms with Gasteiger partial charge in [-0.25, -0.2) is 0 Å². The number of nitrogens with zero attached hydrogens (tertiary/aromatic N) is 2. The highest BCUT2D eigenvalue weighted by molar-refractivity contribution is 9.08. The Labute approximate surface area is 109 Å². The Bertz CT molecular complexity index is 437. The molecule has 0 radical (unpaired) electrons. The van der Waals surface area contributed by atoms with E-state index in [1.54, 1.807) is 12.1 Å². The average molecular weight is 299 g/mol. The highest BCUT2D eigenvalue weighted by Crippen LogP contribution is 2.31. The van der Waals surface area contributed by atoms with Gasteiger partial charge in [-0.05, 0) is 24.0 Å². The number of benzene rings is 1. The van der Waals surface area contributed by atoms with E-state index in [1.807, 2.05) is 6.07 Å². The Morgan fingerprint density at radius 1 is 1.59 bits per heavy atom. The van der Waals surface area contributed by atoms with Crippen LogP contribution >= 0.6 is 15.9 Å². The zero-order chi connectivity index (χ0) is 12.4. The molecular formula is C12H15BrN2O2. The normalized spacial score (nSPS) is 19.6. The highest BCUT2D eigenvalue weighted by Gasteiger charge is 2.21. The Morgan fingerprint density at radius 3 is 2.88 bits per heavy atom. The van der Waals surface area contributed by atoms with Crippen LogP contribution in [0.4, 0.5) is 11.4 Å². The summed E-state index contributed by atoms with van der Waals surface area (Å²) in [5.41, 5.74) is 2.28. The monoisotopic (exact) mass is 298 g/mol. The predicted molar refractivity (Wildman–Crippen MR) is 71.7 cm³/mol. The molecule has 0 amide bonds. The number of halogens is 1. The summed E-state index contributed by atoms with van der Waals surface area (Å²) in [5.74, 6) is 0.702. The average Bonchev–Trinajstić information content (AvgIpc) is 2.74. The van der Waals surface area contributed by atoms with E-state index < -0.39 is 0 Å². The molecule has 92 valence electrons. The third-order valence-corrected chi connectivity index (χ3v) is 3.79. The summed E-state index contributed by atoms with van der Waals surface area (Å²) in [6.45, 7) is 4.32. The van der Waals surface area contributed by atoms with Gasteiger partial charge in [0.15, 0.2) is 0 Å². The zero-order valence-corrected chi connectivity index (χ0v) is 11.3. The van der Waals surface area contributed by atoms with Crippen molar-refractivity contribution in [3.8, 4) is 0 Å². The van der Waals surface area contributed by atoms with Gasteiger partial charge in [0, 0.05) is 36.2 Å². The summed E-state index contributed by atoms with van der Waals surface area (Å²) < 4.78 is 0. The Hall–Kier alpha value is -1.10. The fourth-order valence-corrected chi connectivity index (χ4v) is 2.70. The summed E-state index contributed by atoms with van der Waals surface area (Å²) in [5, 5.41) is 11.4. The molecule has 0 saturated carbocycles. The summed E-state index contributed by atoms with van der Waals surface area (Å²) >= 11 is 3.40. The molecule has 5 heteroatoms. The van der Waals surface area contributed by atoms with Crippen LogP contribution in [0.15, 0.2) is 18.2 Å². The summed E-state index contributed by atoms with van der Waals surface area (Å²) in [6, 6.07) is 5.12. The van der Waals surface area contributed by atoms with Crippen LogP contribution in [0.3, 0.4) is 0 Å². The van der Waals surface area contributed by atoms with E-state index in [2.05, 4.69) is 27.8 Å². The molecule has 1 aliphatic heterocycles. The van der Waals surface area contributed by atoms with Gasteiger partial charge in [0.05, 0.1) is 4.92 Å². The maximum atomic E-state index is 10.7. The second-order valence-corrected chi connectivity index (χ2v) is 5.10. The fourth-order valence-electron chi connectivity index (χ4n) is 2.25. The number of non-ortho nitro benzene ring substituents is 1. The smallest absolute Gasteiger partial charge is 0.269 e. The lowest BCUT2D eigenvalue weighted by Crippen LogP contribution is -2.20. The number of hydrogen-bond donors (Lipinski definition) is 0. The largest absolute Gasteiger partial charge is 0.371 e. The molecule has 0 aromatic heterocycles. The van der Waals surface area contributed by atoms with Crippen molar-refractivity contribution in [1.82, 2.24) is 0 Å². The topological polar surface area (TPSA) is 46.4 Å². The van der Waals surface area contributed by atoms with Crippen molar-refractivity contribution >= 4 is 27.3 Å². The van der Waals surface area contributed by atoms with Crippen LogP contribution in [-0.4, -0.2) is 18.0 Å². The van der Waals surface area contributed by atoms with Crippen LogP contribution in [0.1, 0.15) is 18.9 Å². The first-order valence-electron chi connectivity index (χ1n) is 5.70. The van der Waals surface area contributed by atoms with Crippen LogP contribution in [-0.2, 0) is 5.33 Å². The molecule has 0 aliphatic carbocycles. The number of alkyl halides is 1. The minimum absolute atomic E-state index is 0.162. The van der Waals surface area contributed by atoms with Gasteiger partial charge < -0.3 is 4.90 Å². The van der Waals surface area contributed by atoms with Gasteiger partial charge in [0.1, 0.15) is 0 Å². The van der Waals surface area contributed by atoms with E-state index in [0.717, 1.165) is 24.3 Å². The maximum absolute atomic E-state index is 10.7. The van der Waals surface area contributed by atoms with E-state index >= 15 is 0 Å². The van der Waals surface area contributed by atoms with Crippen LogP contribution in [0, 0.1) is 16.0 Å². The molecule has 1 fully saturated rings. The summed E-state index contributed by atoms with van der Waals surface area (Å²) in [6.07, 6.45) is 1.19. The lowest BCUT2D eigenvalue weighted by atomic mass is 10.1. The van der Waals surface area contributed by atoms with Crippen LogP contribution < -0.4 is 4.90 Å². The van der Waals surface area contributed by atoms with Crippen molar-refractivity contribution < 1.29 is 4.92 Å². The van der Waals surface area contributed by atoms with Crippen LogP contribution in [0.2, 0.25) is 0 Å². The molecule has 0 bridgehead atoms. The highest BCUT2D eigenvalue weighted by atomic mass is 79.9. The van der Waals surface area contributed by atoms with Gasteiger partial charge in [-0.1, -0.05) is 22.9 Å². The SMILES string of the molecule is CC1CCN(c2ccc([N+](=O)[O-])cc2CBr)C1. The van der Waals surface area contributed by atoms with E-state index in [0.29, 0.717) is 11.2 Å². The molecule has 1 aromatic rings. The van der Waals surface area contributed by atoms with Crippen molar-refractivity contribution in [3.05, 3.63) is 33.9 Å². The molecule has 1 heterocycles. The maximum Gasteiger partial charge on any atom is 0.269 e. The van der Waals surface area contributed by atoms with Crippen LogP contribution in [0.25, 0.3) is 0 Å². The lowest BCUT2D eigenvalue weighted by molar-refractivity contribution is -0.384. The van der Waals surface area contributed by atoms with Crippen molar-refractivity contribution in [2.45, 2.75) is 18.7 Å². The lowest BCUT2D eigenvalue weighted by Gasteiger charge is -2.21. The van der Waals surface area contributed by atoms with E-state index in [9.17, 15) is 10.1 Å². The third-order valence-electron chi connectivity index (χ3n) is 3.18. The minimum Gasteiger partial charge on any atom is -0.371 e. The van der Waals surface area contributed by atoms with Gasteiger partial charge >= 0.3 is 0 Å². The number of nitro groups is 1. The fraction of sp³-hybridized carbons (Fsp3) is 0.500. The molecule has 2 rings (SSSR count). The van der Waals surface area contributed by atoms with E-state index in [-0.39, 0.29) is 10.6 Å². The molecule has 1 unspecified atom stereocenters.